The number of rotatable bonds is 9. The molecule has 1 aliphatic carbocycles. The second-order valence-corrected chi connectivity index (χ2v) is 5.95. The SMILES string of the molecule is CC(CCCNC1CC1)OCCN1CCCCC1. The monoisotopic (exact) mass is 254 g/mol. The summed E-state index contributed by atoms with van der Waals surface area (Å²) in [7, 11) is 0. The molecule has 3 heteroatoms. The maximum Gasteiger partial charge on any atom is 0.0597 e. The molecule has 1 saturated heterocycles. The van der Waals surface area contributed by atoms with Crippen LogP contribution in [-0.2, 0) is 4.74 Å². The van der Waals surface area contributed by atoms with Crippen LogP contribution in [0.15, 0.2) is 0 Å². The van der Waals surface area contributed by atoms with E-state index in [9.17, 15) is 0 Å². The van der Waals surface area contributed by atoms with Gasteiger partial charge in [-0.3, -0.25) is 0 Å². The number of likely N-dealkylation sites (tertiary alicyclic amines) is 1. The van der Waals surface area contributed by atoms with Crippen LogP contribution in [0.5, 0.6) is 0 Å². The molecular formula is C15H30N2O. The number of nitrogens with one attached hydrogen (secondary N) is 1. The second-order valence-electron chi connectivity index (χ2n) is 5.95. The van der Waals surface area contributed by atoms with Crippen LogP contribution < -0.4 is 5.32 Å². The van der Waals surface area contributed by atoms with Gasteiger partial charge >= 0.3 is 0 Å². The molecule has 3 nitrogen and oxygen atoms in total. The summed E-state index contributed by atoms with van der Waals surface area (Å²) in [6, 6.07) is 0.848. The summed E-state index contributed by atoms with van der Waals surface area (Å²) in [6.45, 7) is 7.99. The van der Waals surface area contributed by atoms with Crippen molar-refractivity contribution in [1.29, 1.82) is 0 Å². The minimum absolute atomic E-state index is 0.427. The van der Waals surface area contributed by atoms with Gasteiger partial charge in [0.2, 0.25) is 0 Å². The van der Waals surface area contributed by atoms with Crippen molar-refractivity contribution in [2.45, 2.75) is 64.0 Å². The van der Waals surface area contributed by atoms with Gasteiger partial charge < -0.3 is 15.0 Å². The lowest BCUT2D eigenvalue weighted by molar-refractivity contribution is 0.0393. The van der Waals surface area contributed by atoms with Crippen molar-refractivity contribution in [2.75, 3.05) is 32.8 Å². The quantitative estimate of drug-likeness (QED) is 0.640. The molecule has 0 radical (unpaired) electrons. The van der Waals surface area contributed by atoms with Crippen LogP contribution in [0.1, 0.15) is 51.9 Å². The van der Waals surface area contributed by atoms with Crippen LogP contribution in [0.2, 0.25) is 0 Å². The van der Waals surface area contributed by atoms with Crippen molar-refractivity contribution >= 4 is 0 Å². The van der Waals surface area contributed by atoms with E-state index in [1.54, 1.807) is 0 Å². The second kappa shape index (κ2) is 8.13. The van der Waals surface area contributed by atoms with E-state index >= 15 is 0 Å². The Kier molecular flexibility index (Phi) is 6.46. The van der Waals surface area contributed by atoms with E-state index in [1.807, 2.05) is 0 Å². The lowest BCUT2D eigenvalue weighted by Crippen LogP contribution is -2.33. The minimum atomic E-state index is 0.427. The molecule has 0 spiro atoms. The molecule has 0 bridgehead atoms. The van der Waals surface area contributed by atoms with E-state index in [0.29, 0.717) is 6.10 Å². The van der Waals surface area contributed by atoms with Crippen LogP contribution in [0.4, 0.5) is 0 Å². The zero-order valence-corrected chi connectivity index (χ0v) is 12.0. The summed E-state index contributed by atoms with van der Waals surface area (Å²) in [5.41, 5.74) is 0. The molecular weight excluding hydrogens is 224 g/mol. The van der Waals surface area contributed by atoms with Gasteiger partial charge in [-0.05, 0) is 65.1 Å². The van der Waals surface area contributed by atoms with E-state index in [-0.39, 0.29) is 0 Å². The molecule has 0 aromatic heterocycles. The largest absolute Gasteiger partial charge is 0.377 e. The number of hydrogen-bond acceptors (Lipinski definition) is 3. The highest BCUT2D eigenvalue weighted by atomic mass is 16.5. The maximum absolute atomic E-state index is 5.90. The number of nitrogens with zero attached hydrogens (tertiary/aromatic N) is 1. The smallest absolute Gasteiger partial charge is 0.0597 e. The summed E-state index contributed by atoms with van der Waals surface area (Å²) in [5, 5.41) is 3.56. The van der Waals surface area contributed by atoms with Gasteiger partial charge in [-0.2, -0.15) is 0 Å². The number of piperidine rings is 1. The predicted molar refractivity (Wildman–Crippen MR) is 76.0 cm³/mol. The van der Waals surface area contributed by atoms with Crippen molar-refractivity contribution in [3.05, 3.63) is 0 Å². The van der Waals surface area contributed by atoms with Crippen molar-refractivity contribution < 1.29 is 4.74 Å². The van der Waals surface area contributed by atoms with E-state index < -0.39 is 0 Å². The lowest BCUT2D eigenvalue weighted by Gasteiger charge is -2.26. The normalized spacial score (nSPS) is 23.2. The van der Waals surface area contributed by atoms with Crippen molar-refractivity contribution in [1.82, 2.24) is 10.2 Å². The highest BCUT2D eigenvalue weighted by molar-refractivity contribution is 4.80. The Balaban J connectivity index is 1.39. The minimum Gasteiger partial charge on any atom is -0.377 e. The van der Waals surface area contributed by atoms with Gasteiger partial charge in [0.15, 0.2) is 0 Å². The molecule has 0 amide bonds. The average Bonchev–Trinajstić information content (AvgIpc) is 3.20. The van der Waals surface area contributed by atoms with Gasteiger partial charge in [0.25, 0.3) is 0 Å². The molecule has 1 heterocycles. The molecule has 18 heavy (non-hydrogen) atoms. The molecule has 0 aromatic rings. The van der Waals surface area contributed by atoms with Crippen molar-refractivity contribution in [2.24, 2.45) is 0 Å². The van der Waals surface area contributed by atoms with Gasteiger partial charge in [0, 0.05) is 12.6 Å². The van der Waals surface area contributed by atoms with Crippen LogP contribution in [-0.4, -0.2) is 49.8 Å². The van der Waals surface area contributed by atoms with Crippen LogP contribution in [0.25, 0.3) is 0 Å². The third-order valence-electron chi connectivity index (χ3n) is 4.06. The van der Waals surface area contributed by atoms with E-state index in [4.69, 9.17) is 4.74 Å². The molecule has 2 fully saturated rings. The molecule has 106 valence electrons. The molecule has 1 aliphatic heterocycles. The fourth-order valence-electron chi connectivity index (χ4n) is 2.63. The van der Waals surface area contributed by atoms with E-state index in [0.717, 1.165) is 19.2 Å². The molecule has 1 N–H and O–H groups in total. The van der Waals surface area contributed by atoms with Gasteiger partial charge in [0.05, 0.1) is 12.7 Å². The van der Waals surface area contributed by atoms with E-state index in [2.05, 4.69) is 17.1 Å². The Morgan fingerprint density at radius 2 is 2.00 bits per heavy atom. The van der Waals surface area contributed by atoms with Crippen LogP contribution in [0, 0.1) is 0 Å². The Hall–Kier alpha value is -0.120. The topological polar surface area (TPSA) is 24.5 Å². The van der Waals surface area contributed by atoms with Crippen LogP contribution in [0.3, 0.4) is 0 Å². The number of ether oxygens (including phenoxy) is 1. The molecule has 1 atom stereocenters. The first kappa shape index (κ1) is 14.3. The summed E-state index contributed by atoms with van der Waals surface area (Å²) < 4.78 is 5.90. The zero-order chi connectivity index (χ0) is 12.6. The van der Waals surface area contributed by atoms with Crippen molar-refractivity contribution in [3.8, 4) is 0 Å². The van der Waals surface area contributed by atoms with E-state index in [1.165, 1.54) is 64.6 Å². The third-order valence-corrected chi connectivity index (χ3v) is 4.06. The first-order valence-corrected chi connectivity index (χ1v) is 7.92. The Morgan fingerprint density at radius 3 is 2.72 bits per heavy atom. The predicted octanol–water partition coefficient (Wildman–Crippen LogP) is 2.41. The number of hydrogen-bond donors (Lipinski definition) is 1. The third kappa shape index (κ3) is 6.17. The van der Waals surface area contributed by atoms with Gasteiger partial charge in [-0.25, -0.2) is 0 Å². The molecule has 1 unspecified atom stereocenters. The molecule has 1 saturated carbocycles. The Bertz CT molecular complexity index is 213. The summed E-state index contributed by atoms with van der Waals surface area (Å²) in [5.74, 6) is 0. The fourth-order valence-corrected chi connectivity index (χ4v) is 2.63. The van der Waals surface area contributed by atoms with Crippen molar-refractivity contribution in [3.63, 3.8) is 0 Å². The van der Waals surface area contributed by atoms with Gasteiger partial charge in [0.1, 0.15) is 0 Å². The maximum atomic E-state index is 5.90. The van der Waals surface area contributed by atoms with Gasteiger partial charge in [-0.15, -0.1) is 0 Å². The highest BCUT2D eigenvalue weighted by Crippen LogP contribution is 2.18. The standard InChI is InChI=1S/C15H30N2O/c1-14(6-5-9-16-15-7-8-15)18-13-12-17-10-3-2-4-11-17/h14-16H,2-13H2,1H3. The average molecular weight is 254 g/mol. The molecule has 2 rings (SSSR count). The van der Waals surface area contributed by atoms with Crippen LogP contribution >= 0.6 is 0 Å². The molecule has 2 aliphatic rings. The fraction of sp³-hybridized carbons (Fsp3) is 1.00. The highest BCUT2D eigenvalue weighted by Gasteiger charge is 2.19. The Morgan fingerprint density at radius 1 is 1.22 bits per heavy atom. The summed E-state index contributed by atoms with van der Waals surface area (Å²) >= 11 is 0. The summed E-state index contributed by atoms with van der Waals surface area (Å²) in [4.78, 5) is 2.55. The Labute approximate surface area is 112 Å². The first-order chi connectivity index (χ1) is 8.84. The first-order valence-electron chi connectivity index (χ1n) is 7.92. The lowest BCUT2D eigenvalue weighted by atomic mass is 10.1. The molecule has 0 aromatic carbocycles. The van der Waals surface area contributed by atoms with Gasteiger partial charge in [-0.1, -0.05) is 6.42 Å². The zero-order valence-electron chi connectivity index (χ0n) is 12.0. The summed E-state index contributed by atoms with van der Waals surface area (Å²) in [6.07, 6.45) is 9.83.